The van der Waals surface area contributed by atoms with Crippen LogP contribution in [0.15, 0.2) is 4.52 Å². The van der Waals surface area contributed by atoms with Crippen molar-refractivity contribution in [3.63, 3.8) is 0 Å². The van der Waals surface area contributed by atoms with Crippen molar-refractivity contribution < 1.29 is 14.1 Å². The number of methoxy groups -OCH3 is 1. The topological polar surface area (TPSA) is 91.2 Å². The lowest BCUT2D eigenvalue weighted by Gasteiger charge is -2.07. The number of nitrogens with zero attached hydrogens (tertiary/aromatic N) is 2. The van der Waals surface area contributed by atoms with Gasteiger partial charge < -0.3 is 15.0 Å². The van der Waals surface area contributed by atoms with E-state index < -0.39 is 6.04 Å². The molecule has 0 radical (unpaired) electrons. The van der Waals surface area contributed by atoms with E-state index in [1.54, 1.807) is 11.8 Å². The number of aromatic nitrogens is 2. The van der Waals surface area contributed by atoms with Gasteiger partial charge in [0.15, 0.2) is 5.82 Å². The van der Waals surface area contributed by atoms with Crippen LogP contribution in [0, 0.1) is 0 Å². The van der Waals surface area contributed by atoms with E-state index in [-0.39, 0.29) is 5.97 Å². The van der Waals surface area contributed by atoms with Gasteiger partial charge in [0.05, 0.1) is 12.9 Å². The molecule has 0 amide bonds. The van der Waals surface area contributed by atoms with Gasteiger partial charge in [-0.3, -0.25) is 4.79 Å². The molecular weight excluding hydrogens is 254 g/mol. The van der Waals surface area contributed by atoms with Gasteiger partial charge in [-0.2, -0.15) is 16.7 Å². The van der Waals surface area contributed by atoms with Crippen molar-refractivity contribution >= 4 is 17.7 Å². The summed E-state index contributed by atoms with van der Waals surface area (Å²) in [5.74, 6) is 3.04. The van der Waals surface area contributed by atoms with Crippen LogP contribution in [0.3, 0.4) is 0 Å². The zero-order valence-electron chi connectivity index (χ0n) is 10.3. The molecule has 6 nitrogen and oxygen atoms in total. The van der Waals surface area contributed by atoms with E-state index >= 15 is 0 Å². The predicted molar refractivity (Wildman–Crippen MR) is 67.0 cm³/mol. The summed E-state index contributed by atoms with van der Waals surface area (Å²) in [6.45, 7) is 0. The van der Waals surface area contributed by atoms with Gasteiger partial charge in [0, 0.05) is 5.92 Å². The molecule has 0 saturated heterocycles. The molecule has 1 saturated carbocycles. The summed E-state index contributed by atoms with van der Waals surface area (Å²) in [7, 11) is 1.34. The average Bonchev–Trinajstić information content (AvgIpc) is 3.13. The zero-order valence-corrected chi connectivity index (χ0v) is 11.1. The summed E-state index contributed by atoms with van der Waals surface area (Å²) in [6, 6.07) is -0.549. The smallest absolute Gasteiger partial charge is 0.322 e. The number of nitrogens with two attached hydrogens (primary N) is 1. The van der Waals surface area contributed by atoms with Crippen LogP contribution in [-0.4, -0.2) is 35.0 Å². The Bertz CT molecular complexity index is 406. The third-order valence-electron chi connectivity index (χ3n) is 2.73. The molecule has 7 heteroatoms. The second-order valence-corrected chi connectivity index (χ2v) is 5.40. The van der Waals surface area contributed by atoms with Crippen molar-refractivity contribution in [3.8, 4) is 0 Å². The molecule has 1 aromatic heterocycles. The summed E-state index contributed by atoms with van der Waals surface area (Å²) in [4.78, 5) is 15.4. The van der Waals surface area contributed by atoms with E-state index in [2.05, 4.69) is 14.9 Å². The molecule has 2 rings (SSSR count). The van der Waals surface area contributed by atoms with Gasteiger partial charge in [0.2, 0.25) is 5.89 Å². The van der Waals surface area contributed by atoms with Gasteiger partial charge in [-0.25, -0.2) is 0 Å². The molecule has 1 aliphatic rings. The van der Waals surface area contributed by atoms with Gasteiger partial charge in [0.1, 0.15) is 6.04 Å². The lowest BCUT2D eigenvalue weighted by atomic mass is 10.2. The lowest BCUT2D eigenvalue weighted by molar-refractivity contribution is -0.142. The highest BCUT2D eigenvalue weighted by Gasteiger charge is 2.28. The maximum atomic E-state index is 11.1. The Morgan fingerprint density at radius 3 is 3.11 bits per heavy atom. The highest BCUT2D eigenvalue weighted by molar-refractivity contribution is 7.98. The quantitative estimate of drug-likeness (QED) is 0.586. The minimum absolute atomic E-state index is 0.371. The largest absolute Gasteiger partial charge is 0.468 e. The monoisotopic (exact) mass is 271 g/mol. The molecule has 1 fully saturated rings. The first-order valence-electron chi connectivity index (χ1n) is 5.94. The minimum atomic E-state index is -0.549. The standard InChI is InChI=1S/C11H17N3O3S/c1-16-11(15)8(12)4-5-18-6-9-13-10(14-17-9)7-2-3-7/h7-8H,2-6,12H2,1H3. The van der Waals surface area contributed by atoms with Crippen molar-refractivity contribution in [2.24, 2.45) is 5.73 Å². The van der Waals surface area contributed by atoms with Crippen molar-refractivity contribution in [1.82, 2.24) is 10.1 Å². The highest BCUT2D eigenvalue weighted by Crippen LogP contribution is 2.38. The Hall–Kier alpha value is -1.08. The fourth-order valence-electron chi connectivity index (χ4n) is 1.47. The van der Waals surface area contributed by atoms with Crippen LogP contribution in [0.25, 0.3) is 0 Å². The van der Waals surface area contributed by atoms with Crippen LogP contribution in [0.1, 0.15) is 36.9 Å². The van der Waals surface area contributed by atoms with Gasteiger partial charge >= 0.3 is 5.97 Å². The molecule has 2 N–H and O–H groups in total. The third kappa shape index (κ3) is 3.71. The fourth-order valence-corrected chi connectivity index (χ4v) is 2.33. The van der Waals surface area contributed by atoms with Crippen LogP contribution >= 0.6 is 11.8 Å². The Kier molecular flexibility index (Phi) is 4.60. The number of thioether (sulfide) groups is 1. The maximum Gasteiger partial charge on any atom is 0.322 e. The Labute approximate surface area is 110 Å². The van der Waals surface area contributed by atoms with Crippen LogP contribution in [-0.2, 0) is 15.3 Å². The first-order chi connectivity index (χ1) is 8.70. The first kappa shape index (κ1) is 13.4. The summed E-state index contributed by atoms with van der Waals surface area (Å²) >= 11 is 1.62. The van der Waals surface area contributed by atoms with Crippen molar-refractivity contribution in [2.75, 3.05) is 12.9 Å². The van der Waals surface area contributed by atoms with Gasteiger partial charge in [-0.15, -0.1) is 0 Å². The number of carbonyl (C=O) groups excluding carboxylic acids is 1. The SMILES string of the molecule is COC(=O)C(N)CCSCc1nc(C2CC2)no1. The van der Waals surface area contributed by atoms with Gasteiger partial charge in [-0.05, 0) is 25.0 Å². The van der Waals surface area contributed by atoms with E-state index in [1.807, 2.05) is 0 Å². The average molecular weight is 271 g/mol. The lowest BCUT2D eigenvalue weighted by Crippen LogP contribution is -2.31. The van der Waals surface area contributed by atoms with E-state index in [0.29, 0.717) is 24.0 Å². The molecule has 18 heavy (non-hydrogen) atoms. The summed E-state index contributed by atoms with van der Waals surface area (Å²) in [5.41, 5.74) is 5.62. The fraction of sp³-hybridized carbons (Fsp3) is 0.727. The van der Waals surface area contributed by atoms with Crippen LogP contribution in [0.4, 0.5) is 0 Å². The molecule has 0 aromatic carbocycles. The molecule has 0 spiro atoms. The second kappa shape index (κ2) is 6.19. The third-order valence-corrected chi connectivity index (χ3v) is 3.70. The van der Waals surface area contributed by atoms with E-state index in [0.717, 1.165) is 11.6 Å². The Balaban J connectivity index is 1.63. The normalized spacial score (nSPS) is 16.6. The Morgan fingerprint density at radius 1 is 1.67 bits per heavy atom. The molecule has 1 unspecified atom stereocenters. The second-order valence-electron chi connectivity index (χ2n) is 4.29. The highest BCUT2D eigenvalue weighted by atomic mass is 32.2. The molecule has 1 heterocycles. The van der Waals surface area contributed by atoms with E-state index in [1.165, 1.54) is 20.0 Å². The molecule has 1 aliphatic carbocycles. The molecule has 100 valence electrons. The summed E-state index contributed by atoms with van der Waals surface area (Å²) < 4.78 is 9.69. The van der Waals surface area contributed by atoms with Crippen LogP contribution < -0.4 is 5.73 Å². The van der Waals surface area contributed by atoms with E-state index in [9.17, 15) is 4.79 Å². The number of carbonyl (C=O) groups is 1. The number of esters is 1. The van der Waals surface area contributed by atoms with Crippen LogP contribution in [0.2, 0.25) is 0 Å². The zero-order chi connectivity index (χ0) is 13.0. The number of hydrogen-bond acceptors (Lipinski definition) is 7. The molecular formula is C11H17N3O3S. The molecule has 1 aromatic rings. The maximum absolute atomic E-state index is 11.1. The number of hydrogen-bond donors (Lipinski definition) is 1. The molecule has 0 aliphatic heterocycles. The predicted octanol–water partition coefficient (Wildman–Crippen LogP) is 1.07. The van der Waals surface area contributed by atoms with Crippen LogP contribution in [0.5, 0.6) is 0 Å². The first-order valence-corrected chi connectivity index (χ1v) is 7.10. The van der Waals surface area contributed by atoms with Gasteiger partial charge in [-0.1, -0.05) is 5.16 Å². The Morgan fingerprint density at radius 2 is 2.44 bits per heavy atom. The minimum Gasteiger partial charge on any atom is -0.468 e. The molecule has 1 atom stereocenters. The summed E-state index contributed by atoms with van der Waals surface area (Å²) in [5, 5.41) is 3.94. The number of rotatable bonds is 7. The van der Waals surface area contributed by atoms with Crippen molar-refractivity contribution in [1.29, 1.82) is 0 Å². The molecule has 0 bridgehead atoms. The van der Waals surface area contributed by atoms with Gasteiger partial charge in [0.25, 0.3) is 0 Å². The number of ether oxygens (including phenoxy) is 1. The van der Waals surface area contributed by atoms with Crippen molar-refractivity contribution in [3.05, 3.63) is 11.7 Å². The summed E-state index contributed by atoms with van der Waals surface area (Å²) in [6.07, 6.45) is 2.92. The van der Waals surface area contributed by atoms with Crippen molar-refractivity contribution in [2.45, 2.75) is 37.0 Å². The van der Waals surface area contributed by atoms with E-state index in [4.69, 9.17) is 10.3 Å².